The molecule has 0 amide bonds. The molecule has 0 aromatic rings. The fourth-order valence-electron chi connectivity index (χ4n) is 4.49. The average molecular weight is 250 g/mol. The summed E-state index contributed by atoms with van der Waals surface area (Å²) >= 11 is 0. The van der Waals surface area contributed by atoms with E-state index in [1.807, 2.05) is 0 Å². The zero-order valence-electron chi connectivity index (χ0n) is 12.0. The van der Waals surface area contributed by atoms with Gasteiger partial charge in [0, 0.05) is 12.6 Å². The van der Waals surface area contributed by atoms with Crippen LogP contribution in [0.5, 0.6) is 0 Å². The van der Waals surface area contributed by atoms with Crippen LogP contribution in [0.3, 0.4) is 0 Å². The highest BCUT2D eigenvalue weighted by atomic mass is 15.2. The van der Waals surface area contributed by atoms with Crippen molar-refractivity contribution in [3.63, 3.8) is 0 Å². The molecule has 18 heavy (non-hydrogen) atoms. The molecule has 0 aromatic heterocycles. The second-order valence-electron chi connectivity index (χ2n) is 7.13. The van der Waals surface area contributed by atoms with Gasteiger partial charge >= 0.3 is 0 Å². The molecule has 4 fully saturated rings. The zero-order valence-corrected chi connectivity index (χ0v) is 12.0. The van der Waals surface area contributed by atoms with Crippen molar-refractivity contribution in [2.45, 2.75) is 57.9 Å². The van der Waals surface area contributed by atoms with E-state index < -0.39 is 0 Å². The fraction of sp³-hybridized carbons (Fsp3) is 1.00. The van der Waals surface area contributed by atoms with Gasteiger partial charge in [0.25, 0.3) is 0 Å². The minimum absolute atomic E-state index is 0.813. The third-order valence-corrected chi connectivity index (χ3v) is 5.66. The molecule has 1 saturated carbocycles. The molecule has 0 aromatic carbocycles. The maximum Gasteiger partial charge on any atom is 0.0224 e. The van der Waals surface area contributed by atoms with Crippen LogP contribution in [0.25, 0.3) is 0 Å². The van der Waals surface area contributed by atoms with Gasteiger partial charge in [-0.25, -0.2) is 0 Å². The molecular formula is C16H30N2. The minimum Gasteiger partial charge on any atom is -0.312 e. The Hall–Kier alpha value is -0.0800. The first-order valence-corrected chi connectivity index (χ1v) is 8.27. The Morgan fingerprint density at radius 3 is 2.61 bits per heavy atom. The van der Waals surface area contributed by atoms with Gasteiger partial charge in [0.2, 0.25) is 0 Å². The van der Waals surface area contributed by atoms with Crippen molar-refractivity contribution >= 4 is 0 Å². The summed E-state index contributed by atoms with van der Waals surface area (Å²) in [7, 11) is 0. The van der Waals surface area contributed by atoms with E-state index in [-0.39, 0.29) is 0 Å². The third kappa shape index (κ3) is 3.08. The first kappa shape index (κ1) is 12.9. The second kappa shape index (κ2) is 5.92. The lowest BCUT2D eigenvalue weighted by Crippen LogP contribution is -2.56. The van der Waals surface area contributed by atoms with Crippen molar-refractivity contribution in [1.29, 1.82) is 0 Å². The fourth-order valence-corrected chi connectivity index (χ4v) is 4.49. The molecule has 3 atom stereocenters. The van der Waals surface area contributed by atoms with Crippen LogP contribution >= 0.6 is 0 Å². The summed E-state index contributed by atoms with van der Waals surface area (Å²) in [5.74, 6) is 2.99. The third-order valence-electron chi connectivity index (χ3n) is 5.66. The number of nitrogens with one attached hydrogen (secondary N) is 1. The number of nitrogens with zero attached hydrogens (tertiary/aromatic N) is 1. The van der Waals surface area contributed by atoms with Crippen LogP contribution in [0, 0.1) is 17.8 Å². The van der Waals surface area contributed by atoms with Gasteiger partial charge in [0.1, 0.15) is 0 Å². The highest BCUT2D eigenvalue weighted by Crippen LogP contribution is 2.31. The van der Waals surface area contributed by atoms with Crippen LogP contribution in [-0.2, 0) is 0 Å². The molecule has 2 nitrogen and oxygen atoms in total. The van der Waals surface area contributed by atoms with E-state index >= 15 is 0 Å². The molecule has 3 saturated heterocycles. The van der Waals surface area contributed by atoms with Gasteiger partial charge in [-0.2, -0.15) is 0 Å². The molecule has 0 spiro atoms. The standard InChI is InChI=1S/C16H30N2/c1-13-3-2-4-14(11-13)5-8-17-16-12-18-9-6-15(16)7-10-18/h13-17H,2-12H2,1H3. The Bertz CT molecular complexity index is 258. The van der Waals surface area contributed by atoms with E-state index in [2.05, 4.69) is 17.1 Å². The molecule has 104 valence electrons. The maximum absolute atomic E-state index is 3.87. The first-order valence-electron chi connectivity index (χ1n) is 8.27. The number of fused-ring (bicyclic) bond motifs is 3. The van der Waals surface area contributed by atoms with Gasteiger partial charge in [0.15, 0.2) is 0 Å². The van der Waals surface area contributed by atoms with Gasteiger partial charge in [0.05, 0.1) is 0 Å². The van der Waals surface area contributed by atoms with E-state index in [1.54, 1.807) is 0 Å². The SMILES string of the molecule is CC1CCCC(CCNC2CN3CCC2CC3)C1. The molecular weight excluding hydrogens is 220 g/mol. The van der Waals surface area contributed by atoms with Gasteiger partial charge in [-0.05, 0) is 63.1 Å². The largest absolute Gasteiger partial charge is 0.312 e. The van der Waals surface area contributed by atoms with E-state index in [1.165, 1.54) is 71.1 Å². The Balaban J connectivity index is 1.37. The van der Waals surface area contributed by atoms with Crippen LogP contribution in [0.4, 0.5) is 0 Å². The zero-order chi connectivity index (χ0) is 12.4. The highest BCUT2D eigenvalue weighted by Gasteiger charge is 2.33. The Morgan fingerprint density at radius 2 is 1.94 bits per heavy atom. The summed E-state index contributed by atoms with van der Waals surface area (Å²) in [4.78, 5) is 2.65. The Kier molecular flexibility index (Phi) is 4.25. The summed E-state index contributed by atoms with van der Waals surface area (Å²) in [6.45, 7) is 7.76. The van der Waals surface area contributed by atoms with Crippen molar-refractivity contribution in [1.82, 2.24) is 10.2 Å². The molecule has 1 aliphatic carbocycles. The summed E-state index contributed by atoms with van der Waals surface area (Å²) < 4.78 is 0. The molecule has 3 heterocycles. The topological polar surface area (TPSA) is 15.3 Å². The lowest BCUT2D eigenvalue weighted by Gasteiger charge is -2.45. The molecule has 4 aliphatic rings. The summed E-state index contributed by atoms with van der Waals surface area (Å²) in [6, 6.07) is 0.813. The molecule has 3 aliphatic heterocycles. The molecule has 1 N–H and O–H groups in total. The number of rotatable bonds is 4. The van der Waals surface area contributed by atoms with Crippen molar-refractivity contribution in [3.05, 3.63) is 0 Å². The van der Waals surface area contributed by atoms with Gasteiger partial charge in [-0.15, -0.1) is 0 Å². The predicted molar refractivity (Wildman–Crippen MR) is 76.7 cm³/mol. The summed E-state index contributed by atoms with van der Waals surface area (Å²) in [5, 5.41) is 3.87. The van der Waals surface area contributed by atoms with Crippen molar-refractivity contribution in [2.75, 3.05) is 26.2 Å². The van der Waals surface area contributed by atoms with Gasteiger partial charge in [-0.3, -0.25) is 0 Å². The predicted octanol–water partition coefficient (Wildman–Crippen LogP) is 2.89. The van der Waals surface area contributed by atoms with Crippen LogP contribution in [0.2, 0.25) is 0 Å². The number of piperidine rings is 3. The van der Waals surface area contributed by atoms with E-state index in [0.29, 0.717) is 0 Å². The van der Waals surface area contributed by atoms with Crippen LogP contribution in [0.1, 0.15) is 51.9 Å². The summed E-state index contributed by atoms with van der Waals surface area (Å²) in [6.07, 6.45) is 10.2. The molecule has 4 rings (SSSR count). The highest BCUT2D eigenvalue weighted by molar-refractivity contribution is 4.90. The Morgan fingerprint density at radius 1 is 1.11 bits per heavy atom. The monoisotopic (exact) mass is 250 g/mol. The van der Waals surface area contributed by atoms with Crippen molar-refractivity contribution < 1.29 is 0 Å². The average Bonchev–Trinajstić information content (AvgIpc) is 2.40. The molecule has 2 heteroatoms. The quantitative estimate of drug-likeness (QED) is 0.825. The number of hydrogen-bond donors (Lipinski definition) is 1. The molecule has 2 bridgehead atoms. The lowest BCUT2D eigenvalue weighted by atomic mass is 9.80. The maximum atomic E-state index is 3.87. The van der Waals surface area contributed by atoms with Crippen LogP contribution in [0.15, 0.2) is 0 Å². The van der Waals surface area contributed by atoms with Gasteiger partial charge in [-0.1, -0.05) is 26.2 Å². The minimum atomic E-state index is 0.813. The van der Waals surface area contributed by atoms with E-state index in [0.717, 1.165) is 23.8 Å². The van der Waals surface area contributed by atoms with Crippen LogP contribution in [-0.4, -0.2) is 37.1 Å². The van der Waals surface area contributed by atoms with E-state index in [4.69, 9.17) is 0 Å². The summed E-state index contributed by atoms with van der Waals surface area (Å²) in [5.41, 5.74) is 0. The Labute approximate surface area is 113 Å². The normalized spacial score (nSPS) is 44.2. The smallest absolute Gasteiger partial charge is 0.0224 e. The van der Waals surface area contributed by atoms with Gasteiger partial charge < -0.3 is 10.2 Å². The van der Waals surface area contributed by atoms with Crippen molar-refractivity contribution in [3.8, 4) is 0 Å². The first-order chi connectivity index (χ1) is 8.81. The lowest BCUT2D eigenvalue weighted by molar-refractivity contribution is 0.0716. The second-order valence-corrected chi connectivity index (χ2v) is 7.13. The number of hydrogen-bond acceptors (Lipinski definition) is 2. The van der Waals surface area contributed by atoms with Crippen LogP contribution < -0.4 is 5.32 Å². The molecule has 3 unspecified atom stereocenters. The molecule has 0 radical (unpaired) electrons. The van der Waals surface area contributed by atoms with E-state index in [9.17, 15) is 0 Å². The van der Waals surface area contributed by atoms with Crippen molar-refractivity contribution in [2.24, 2.45) is 17.8 Å².